The van der Waals surface area contributed by atoms with Crippen molar-refractivity contribution in [2.45, 2.75) is 6.92 Å². The molecule has 0 spiro atoms. The molecule has 0 bridgehead atoms. The number of carbonyl (C=O) groups is 3. The minimum Gasteiger partial charge on any atom is -0.497 e. The zero-order valence-corrected chi connectivity index (χ0v) is 15.7. The standard InChI is InChI=1S/C20H18N2O4S/c1-13-6-8-15(9-7-13)21-18(23)12-22-19(24)17(27-20(22)25)11-14-4-3-5-16(10-14)26-2/h3-11H,12H2,1-2H3,(H,21,23)/b17-11-. The van der Waals surface area contributed by atoms with Crippen molar-refractivity contribution in [1.29, 1.82) is 0 Å². The second-order valence-corrected chi connectivity index (χ2v) is 6.95. The summed E-state index contributed by atoms with van der Waals surface area (Å²) in [5.41, 5.74) is 2.43. The van der Waals surface area contributed by atoms with E-state index in [1.807, 2.05) is 19.1 Å². The van der Waals surface area contributed by atoms with Gasteiger partial charge in [0, 0.05) is 5.69 Å². The summed E-state index contributed by atoms with van der Waals surface area (Å²) in [4.78, 5) is 38.1. The maximum absolute atomic E-state index is 12.5. The zero-order chi connectivity index (χ0) is 19.4. The van der Waals surface area contributed by atoms with Crippen molar-refractivity contribution in [3.63, 3.8) is 0 Å². The van der Waals surface area contributed by atoms with E-state index in [9.17, 15) is 14.4 Å². The van der Waals surface area contributed by atoms with Crippen LogP contribution in [0.4, 0.5) is 10.5 Å². The molecule has 0 unspecified atom stereocenters. The third kappa shape index (κ3) is 4.57. The predicted molar refractivity (Wildman–Crippen MR) is 105 cm³/mol. The monoisotopic (exact) mass is 382 g/mol. The van der Waals surface area contributed by atoms with Gasteiger partial charge in [-0.1, -0.05) is 29.8 Å². The van der Waals surface area contributed by atoms with Crippen LogP contribution in [0.3, 0.4) is 0 Å². The fourth-order valence-corrected chi connectivity index (χ4v) is 3.34. The minimum absolute atomic E-state index is 0.274. The van der Waals surface area contributed by atoms with Gasteiger partial charge in [0.05, 0.1) is 12.0 Å². The first-order valence-electron chi connectivity index (χ1n) is 8.22. The number of hydrogen-bond donors (Lipinski definition) is 1. The van der Waals surface area contributed by atoms with Gasteiger partial charge in [-0.25, -0.2) is 0 Å². The largest absolute Gasteiger partial charge is 0.497 e. The van der Waals surface area contributed by atoms with Gasteiger partial charge >= 0.3 is 0 Å². The Bertz CT molecular complexity index is 922. The van der Waals surface area contributed by atoms with Crippen molar-refractivity contribution >= 4 is 40.6 Å². The zero-order valence-electron chi connectivity index (χ0n) is 14.9. The van der Waals surface area contributed by atoms with Crippen LogP contribution in [0.2, 0.25) is 0 Å². The van der Waals surface area contributed by atoms with Crippen LogP contribution >= 0.6 is 11.8 Å². The molecular weight excluding hydrogens is 364 g/mol. The van der Waals surface area contributed by atoms with Crippen molar-refractivity contribution in [2.75, 3.05) is 19.0 Å². The van der Waals surface area contributed by atoms with Crippen LogP contribution in [0, 0.1) is 6.92 Å². The van der Waals surface area contributed by atoms with Crippen LogP contribution in [0.1, 0.15) is 11.1 Å². The molecule has 1 heterocycles. The maximum atomic E-state index is 12.5. The van der Waals surface area contributed by atoms with E-state index in [-0.39, 0.29) is 11.4 Å². The summed E-state index contributed by atoms with van der Waals surface area (Å²) in [5.74, 6) is -0.254. The highest BCUT2D eigenvalue weighted by atomic mass is 32.2. The maximum Gasteiger partial charge on any atom is 0.294 e. The van der Waals surface area contributed by atoms with Crippen LogP contribution in [-0.4, -0.2) is 35.6 Å². The van der Waals surface area contributed by atoms with E-state index in [0.717, 1.165) is 27.8 Å². The molecule has 0 atom stereocenters. The van der Waals surface area contributed by atoms with Crippen LogP contribution in [0.25, 0.3) is 6.08 Å². The van der Waals surface area contributed by atoms with E-state index in [0.29, 0.717) is 11.4 Å². The summed E-state index contributed by atoms with van der Waals surface area (Å²) in [6.45, 7) is 1.62. The Morgan fingerprint density at radius 1 is 1.19 bits per heavy atom. The summed E-state index contributed by atoms with van der Waals surface area (Å²) in [7, 11) is 1.56. The molecule has 1 aliphatic rings. The van der Waals surface area contributed by atoms with Crippen LogP contribution < -0.4 is 10.1 Å². The molecule has 27 heavy (non-hydrogen) atoms. The Kier molecular flexibility index (Phi) is 5.61. The average molecular weight is 382 g/mol. The highest BCUT2D eigenvalue weighted by Crippen LogP contribution is 2.32. The lowest BCUT2D eigenvalue weighted by molar-refractivity contribution is -0.127. The van der Waals surface area contributed by atoms with Gasteiger partial charge in [0.15, 0.2) is 0 Å². The highest BCUT2D eigenvalue weighted by Gasteiger charge is 2.36. The normalized spacial score (nSPS) is 15.3. The Morgan fingerprint density at radius 2 is 1.93 bits per heavy atom. The number of aryl methyl sites for hydroxylation is 1. The van der Waals surface area contributed by atoms with E-state index >= 15 is 0 Å². The van der Waals surface area contributed by atoms with Gasteiger partial charge in [-0.15, -0.1) is 0 Å². The molecule has 2 aromatic carbocycles. The van der Waals surface area contributed by atoms with Crippen molar-refractivity contribution in [1.82, 2.24) is 4.90 Å². The number of nitrogens with one attached hydrogen (secondary N) is 1. The molecule has 1 N–H and O–H groups in total. The van der Waals surface area contributed by atoms with Gasteiger partial charge in [-0.2, -0.15) is 0 Å². The average Bonchev–Trinajstić information content (AvgIpc) is 2.91. The molecule has 2 aromatic rings. The molecular formula is C20H18N2O4S. The first kappa shape index (κ1) is 18.7. The number of hydrogen-bond acceptors (Lipinski definition) is 5. The van der Waals surface area contributed by atoms with Crippen molar-refractivity contribution in [3.05, 3.63) is 64.6 Å². The SMILES string of the molecule is COc1cccc(/C=C2\SC(=O)N(CC(=O)Nc3ccc(C)cc3)C2=O)c1. The fraction of sp³-hybridized carbons (Fsp3) is 0.150. The van der Waals surface area contributed by atoms with Crippen LogP contribution in [0.15, 0.2) is 53.4 Å². The summed E-state index contributed by atoms with van der Waals surface area (Å²) < 4.78 is 5.15. The summed E-state index contributed by atoms with van der Waals surface area (Å²) >= 11 is 0.818. The first-order valence-corrected chi connectivity index (χ1v) is 9.04. The number of methoxy groups -OCH3 is 1. The van der Waals surface area contributed by atoms with Gasteiger partial charge in [-0.3, -0.25) is 19.3 Å². The minimum atomic E-state index is -0.480. The molecule has 6 nitrogen and oxygen atoms in total. The van der Waals surface area contributed by atoms with E-state index in [2.05, 4.69) is 5.32 Å². The Labute approximate surface area is 161 Å². The van der Waals surface area contributed by atoms with E-state index in [4.69, 9.17) is 4.74 Å². The second kappa shape index (κ2) is 8.09. The summed E-state index contributed by atoms with van der Waals surface area (Å²) in [6, 6.07) is 14.4. The second-order valence-electron chi connectivity index (χ2n) is 5.96. The number of ether oxygens (including phenoxy) is 1. The van der Waals surface area contributed by atoms with Crippen molar-refractivity contribution in [3.8, 4) is 5.75 Å². The third-order valence-electron chi connectivity index (χ3n) is 3.90. The van der Waals surface area contributed by atoms with E-state index in [1.165, 1.54) is 0 Å². The van der Waals surface area contributed by atoms with Crippen LogP contribution in [0.5, 0.6) is 5.75 Å². The van der Waals surface area contributed by atoms with Crippen LogP contribution in [-0.2, 0) is 9.59 Å². The Hall–Kier alpha value is -3.06. The number of thioether (sulfide) groups is 1. The predicted octanol–water partition coefficient (Wildman–Crippen LogP) is 3.68. The molecule has 0 radical (unpaired) electrons. The van der Waals surface area contributed by atoms with Gasteiger partial charge in [0.2, 0.25) is 5.91 Å². The molecule has 7 heteroatoms. The Morgan fingerprint density at radius 3 is 2.63 bits per heavy atom. The molecule has 1 saturated heterocycles. The van der Waals surface area contributed by atoms with E-state index in [1.54, 1.807) is 49.6 Å². The van der Waals surface area contributed by atoms with Gasteiger partial charge in [-0.05, 0) is 54.6 Å². The topological polar surface area (TPSA) is 75.7 Å². The number of rotatable bonds is 5. The third-order valence-corrected chi connectivity index (χ3v) is 4.81. The van der Waals surface area contributed by atoms with Crippen molar-refractivity contribution in [2.24, 2.45) is 0 Å². The number of nitrogens with zero attached hydrogens (tertiary/aromatic N) is 1. The number of anilines is 1. The molecule has 3 amide bonds. The molecule has 1 aliphatic heterocycles. The highest BCUT2D eigenvalue weighted by molar-refractivity contribution is 8.18. The van der Waals surface area contributed by atoms with Gasteiger partial charge < -0.3 is 10.1 Å². The molecule has 0 aliphatic carbocycles. The molecule has 1 fully saturated rings. The molecule has 0 aromatic heterocycles. The number of imide groups is 1. The molecule has 3 rings (SSSR count). The summed E-state index contributed by atoms with van der Waals surface area (Å²) in [5, 5.41) is 2.22. The number of benzene rings is 2. The Balaban J connectivity index is 1.69. The fourth-order valence-electron chi connectivity index (χ4n) is 2.50. The summed E-state index contributed by atoms with van der Waals surface area (Å²) in [6.07, 6.45) is 1.62. The lowest BCUT2D eigenvalue weighted by Gasteiger charge is -2.12. The molecule has 138 valence electrons. The molecule has 0 saturated carbocycles. The van der Waals surface area contributed by atoms with Gasteiger partial charge in [0.25, 0.3) is 11.1 Å². The smallest absolute Gasteiger partial charge is 0.294 e. The lowest BCUT2D eigenvalue weighted by Crippen LogP contribution is -2.36. The van der Waals surface area contributed by atoms with Crippen molar-refractivity contribution < 1.29 is 19.1 Å². The van der Waals surface area contributed by atoms with E-state index < -0.39 is 17.1 Å². The lowest BCUT2D eigenvalue weighted by atomic mass is 10.2. The van der Waals surface area contributed by atoms with Gasteiger partial charge in [0.1, 0.15) is 12.3 Å². The number of amides is 3. The quantitative estimate of drug-likeness (QED) is 0.799. The first-order chi connectivity index (χ1) is 13.0. The number of carbonyl (C=O) groups excluding carboxylic acids is 3.